The van der Waals surface area contributed by atoms with Crippen molar-refractivity contribution in [3.8, 4) is 0 Å². The van der Waals surface area contributed by atoms with Crippen LogP contribution in [0.4, 0.5) is 4.39 Å². The first-order valence-electron chi connectivity index (χ1n) is 7.48. The molecule has 126 valence electrons. The number of halogens is 1. The summed E-state index contributed by atoms with van der Waals surface area (Å²) in [6.07, 6.45) is 0.570. The lowest BCUT2D eigenvalue weighted by atomic mass is 9.48. The van der Waals surface area contributed by atoms with E-state index in [1.807, 2.05) is 13.8 Å². The molecule has 0 radical (unpaired) electrons. The smallest absolute Gasteiger partial charge is 0.313 e. The van der Waals surface area contributed by atoms with E-state index in [0.717, 1.165) is 6.07 Å². The molecule has 0 N–H and O–H groups in total. The van der Waals surface area contributed by atoms with E-state index in [0.29, 0.717) is 6.42 Å². The van der Waals surface area contributed by atoms with Crippen LogP contribution in [-0.2, 0) is 19.6 Å². The molecular weight excluding hydrogens is 321 g/mol. The molecule has 1 aromatic carbocycles. The average Bonchev–Trinajstić information content (AvgIpc) is 2.83. The number of ether oxygens (including phenoxy) is 1. The van der Waals surface area contributed by atoms with Gasteiger partial charge < -0.3 is 4.74 Å². The number of esters is 1. The van der Waals surface area contributed by atoms with Crippen molar-refractivity contribution >= 4 is 16.0 Å². The Bertz CT molecular complexity index is 761. The number of sulfonamides is 1. The summed E-state index contributed by atoms with van der Waals surface area (Å²) in [5, 5.41) is 0. The fraction of sp³-hybridized carbons (Fsp3) is 0.562. The number of hydrogen-bond acceptors (Lipinski definition) is 4. The first-order chi connectivity index (χ1) is 10.6. The van der Waals surface area contributed by atoms with E-state index in [9.17, 15) is 17.6 Å². The second kappa shape index (κ2) is 5.01. The summed E-state index contributed by atoms with van der Waals surface area (Å²) >= 11 is 0. The Balaban J connectivity index is 1.98. The highest BCUT2D eigenvalue weighted by atomic mass is 32.2. The molecule has 0 unspecified atom stereocenters. The fourth-order valence-corrected chi connectivity index (χ4v) is 5.89. The topological polar surface area (TPSA) is 63.7 Å². The highest BCUT2D eigenvalue weighted by Gasteiger charge is 2.68. The molecule has 7 heteroatoms. The number of rotatable bonds is 3. The van der Waals surface area contributed by atoms with E-state index in [-0.39, 0.29) is 35.3 Å². The minimum Gasteiger partial charge on any atom is -0.469 e. The summed E-state index contributed by atoms with van der Waals surface area (Å²) in [5.74, 6) is -1.28. The summed E-state index contributed by atoms with van der Waals surface area (Å²) in [4.78, 5) is 11.9. The minimum absolute atomic E-state index is 0.0461. The number of fused-ring (bicyclic) bond motifs is 1. The van der Waals surface area contributed by atoms with E-state index in [2.05, 4.69) is 0 Å². The van der Waals surface area contributed by atoms with Gasteiger partial charge in [-0.15, -0.1) is 0 Å². The van der Waals surface area contributed by atoms with Crippen LogP contribution in [0.1, 0.15) is 20.3 Å². The Morgan fingerprint density at radius 1 is 1.35 bits per heavy atom. The summed E-state index contributed by atoms with van der Waals surface area (Å²) in [6, 6.07) is 5.31. The van der Waals surface area contributed by atoms with Gasteiger partial charge >= 0.3 is 5.97 Å². The van der Waals surface area contributed by atoms with Crippen LogP contribution < -0.4 is 0 Å². The largest absolute Gasteiger partial charge is 0.469 e. The second-order valence-corrected chi connectivity index (χ2v) is 9.00. The van der Waals surface area contributed by atoms with E-state index in [1.54, 1.807) is 0 Å². The number of carbonyl (C=O) groups excluding carboxylic acids is 1. The lowest BCUT2D eigenvalue weighted by molar-refractivity contribution is -0.174. The predicted molar refractivity (Wildman–Crippen MR) is 81.5 cm³/mol. The van der Waals surface area contributed by atoms with Gasteiger partial charge in [-0.3, -0.25) is 4.79 Å². The van der Waals surface area contributed by atoms with Crippen molar-refractivity contribution in [1.29, 1.82) is 0 Å². The van der Waals surface area contributed by atoms with Crippen molar-refractivity contribution in [3.63, 3.8) is 0 Å². The van der Waals surface area contributed by atoms with Crippen molar-refractivity contribution in [1.82, 2.24) is 4.31 Å². The highest BCUT2D eigenvalue weighted by Crippen LogP contribution is 2.63. The van der Waals surface area contributed by atoms with Gasteiger partial charge in [0.25, 0.3) is 0 Å². The van der Waals surface area contributed by atoms with E-state index >= 15 is 0 Å². The van der Waals surface area contributed by atoms with Crippen LogP contribution in [0.2, 0.25) is 0 Å². The van der Waals surface area contributed by atoms with Crippen molar-refractivity contribution in [3.05, 3.63) is 30.1 Å². The average molecular weight is 341 g/mol. The van der Waals surface area contributed by atoms with E-state index in [4.69, 9.17) is 4.74 Å². The number of hydrogen-bond donors (Lipinski definition) is 0. The van der Waals surface area contributed by atoms with Gasteiger partial charge in [0.1, 0.15) is 10.7 Å². The monoisotopic (exact) mass is 341 g/mol. The lowest BCUT2D eigenvalue weighted by Gasteiger charge is -2.54. The molecule has 1 aliphatic heterocycles. The van der Waals surface area contributed by atoms with Crippen LogP contribution in [0.25, 0.3) is 0 Å². The second-order valence-electron chi connectivity index (χ2n) is 7.09. The van der Waals surface area contributed by atoms with Crippen LogP contribution in [-0.4, -0.2) is 38.9 Å². The quantitative estimate of drug-likeness (QED) is 0.789. The summed E-state index contributed by atoms with van der Waals surface area (Å²) in [6.45, 7) is 4.28. The maximum Gasteiger partial charge on any atom is 0.313 e. The molecule has 3 rings (SSSR count). The number of benzene rings is 1. The maximum atomic E-state index is 13.9. The van der Waals surface area contributed by atoms with Gasteiger partial charge in [-0.1, -0.05) is 26.0 Å². The molecule has 1 aromatic rings. The van der Waals surface area contributed by atoms with Crippen molar-refractivity contribution in [2.45, 2.75) is 25.2 Å². The van der Waals surface area contributed by atoms with Crippen molar-refractivity contribution < 1.29 is 22.3 Å². The molecule has 23 heavy (non-hydrogen) atoms. The molecule has 0 bridgehead atoms. The number of carbonyl (C=O) groups is 1. The third-order valence-electron chi connectivity index (χ3n) is 5.27. The molecule has 2 atom stereocenters. The minimum atomic E-state index is -3.97. The zero-order valence-corrected chi connectivity index (χ0v) is 14.2. The summed E-state index contributed by atoms with van der Waals surface area (Å²) < 4.78 is 45.6. The van der Waals surface area contributed by atoms with Crippen LogP contribution in [0.3, 0.4) is 0 Å². The Morgan fingerprint density at radius 2 is 2.00 bits per heavy atom. The Hall–Kier alpha value is -1.47. The third-order valence-corrected chi connectivity index (χ3v) is 7.12. The molecule has 0 amide bonds. The van der Waals surface area contributed by atoms with Crippen LogP contribution in [0, 0.1) is 22.6 Å². The first kappa shape index (κ1) is 16.4. The molecule has 2 fully saturated rings. The van der Waals surface area contributed by atoms with Gasteiger partial charge in [-0.25, -0.2) is 12.8 Å². The zero-order chi connectivity index (χ0) is 17.0. The van der Waals surface area contributed by atoms with Gasteiger partial charge in [0, 0.05) is 13.1 Å². The van der Waals surface area contributed by atoms with Gasteiger partial charge in [0.05, 0.1) is 12.5 Å². The normalized spacial score (nSPS) is 29.7. The fourth-order valence-electron chi connectivity index (χ4n) is 4.31. The van der Waals surface area contributed by atoms with Crippen LogP contribution >= 0.6 is 0 Å². The third kappa shape index (κ3) is 2.21. The van der Waals surface area contributed by atoms with Gasteiger partial charge in [0.15, 0.2) is 0 Å². The summed E-state index contributed by atoms with van der Waals surface area (Å²) in [5.41, 5.74) is -0.954. The van der Waals surface area contributed by atoms with E-state index < -0.39 is 21.3 Å². The zero-order valence-electron chi connectivity index (χ0n) is 13.4. The number of nitrogens with zero attached hydrogens (tertiary/aromatic N) is 1. The molecular formula is C16H20FNO4S. The first-order valence-corrected chi connectivity index (χ1v) is 8.92. The highest BCUT2D eigenvalue weighted by molar-refractivity contribution is 7.89. The van der Waals surface area contributed by atoms with Crippen molar-refractivity contribution in [2.75, 3.05) is 20.2 Å². The molecule has 2 aliphatic rings. The van der Waals surface area contributed by atoms with Gasteiger partial charge in [-0.05, 0) is 29.9 Å². The molecule has 1 aliphatic carbocycles. The van der Waals surface area contributed by atoms with Crippen LogP contribution in [0.15, 0.2) is 29.2 Å². The molecule has 1 saturated heterocycles. The lowest BCUT2D eigenvalue weighted by Crippen LogP contribution is -2.57. The maximum absolute atomic E-state index is 13.9. The summed E-state index contributed by atoms with van der Waals surface area (Å²) in [7, 11) is -2.66. The standard InChI is InChI=1S/C16H20FNO4S/c1-15(2)9-16(14(19)22-3)10-18(8-13(15)16)23(20,21)12-7-5-4-6-11(12)17/h4-7,13H,8-10H2,1-3H3/t13-,16+/m1/s1. The van der Waals surface area contributed by atoms with E-state index in [1.165, 1.54) is 29.6 Å². The molecule has 5 nitrogen and oxygen atoms in total. The molecule has 0 spiro atoms. The van der Waals surface area contributed by atoms with Crippen molar-refractivity contribution in [2.24, 2.45) is 16.7 Å². The Labute approximate surface area is 135 Å². The molecule has 1 saturated carbocycles. The van der Waals surface area contributed by atoms with Gasteiger partial charge in [0.2, 0.25) is 10.0 Å². The SMILES string of the molecule is COC(=O)[C@@]12CN(S(=O)(=O)c3ccccc3F)C[C@@H]1C(C)(C)C2. The van der Waals surface area contributed by atoms with Gasteiger partial charge in [-0.2, -0.15) is 4.31 Å². The predicted octanol–water partition coefficient (Wildman–Crippen LogP) is 2.04. The Kier molecular flexibility index (Phi) is 3.57. The number of methoxy groups -OCH3 is 1. The molecule has 0 aromatic heterocycles. The van der Waals surface area contributed by atoms with Crippen LogP contribution in [0.5, 0.6) is 0 Å². The Morgan fingerprint density at radius 3 is 2.57 bits per heavy atom. The molecule has 1 heterocycles.